The van der Waals surface area contributed by atoms with Gasteiger partial charge in [-0.1, -0.05) is 48.5 Å². The molecule has 2 aromatic carbocycles. The molecule has 0 saturated heterocycles. The Hall–Kier alpha value is -1.93. The van der Waals surface area contributed by atoms with Crippen molar-refractivity contribution >= 4 is 6.29 Å². The van der Waals surface area contributed by atoms with Crippen LogP contribution in [0.5, 0.6) is 0 Å². The van der Waals surface area contributed by atoms with E-state index in [0.717, 1.165) is 18.4 Å². The van der Waals surface area contributed by atoms with Crippen molar-refractivity contribution in [1.82, 2.24) is 5.32 Å². The zero-order chi connectivity index (χ0) is 12.4. The van der Waals surface area contributed by atoms with Crippen molar-refractivity contribution in [1.29, 1.82) is 0 Å². The summed E-state index contributed by atoms with van der Waals surface area (Å²) in [4.78, 5) is 10.5. The summed E-state index contributed by atoms with van der Waals surface area (Å²) in [6, 6.07) is 17.1. The third-order valence-electron chi connectivity index (χ3n) is 3.49. The summed E-state index contributed by atoms with van der Waals surface area (Å²) in [6.07, 6.45) is 1.44. The summed E-state index contributed by atoms with van der Waals surface area (Å²) in [5.41, 5.74) is 5.06. The lowest BCUT2D eigenvalue weighted by Gasteiger charge is -2.13. The Bertz CT molecular complexity index is 560. The van der Waals surface area contributed by atoms with Crippen molar-refractivity contribution < 1.29 is 4.79 Å². The van der Waals surface area contributed by atoms with Gasteiger partial charge in [0.05, 0.1) is 6.04 Å². The van der Waals surface area contributed by atoms with E-state index < -0.39 is 0 Å². The molecule has 1 N–H and O–H groups in total. The van der Waals surface area contributed by atoms with Crippen LogP contribution in [0, 0.1) is 0 Å². The molecule has 1 aliphatic rings. The van der Waals surface area contributed by atoms with Gasteiger partial charge in [-0.05, 0) is 22.3 Å². The highest BCUT2D eigenvalue weighted by Crippen LogP contribution is 2.30. The standard InChI is InChI=1S/C16H15NO/c18-10-9-12-5-7-13(8-6-12)16-15-4-2-1-3-14(15)11-17-16/h1-8,10,16-17H,9,11H2. The van der Waals surface area contributed by atoms with Gasteiger partial charge in [-0.3, -0.25) is 0 Å². The maximum atomic E-state index is 10.5. The molecule has 0 radical (unpaired) electrons. The highest BCUT2D eigenvalue weighted by Gasteiger charge is 2.22. The van der Waals surface area contributed by atoms with E-state index >= 15 is 0 Å². The van der Waals surface area contributed by atoms with E-state index in [1.54, 1.807) is 0 Å². The molecule has 0 amide bonds. The third-order valence-corrected chi connectivity index (χ3v) is 3.49. The third kappa shape index (κ3) is 1.95. The fourth-order valence-corrected chi connectivity index (χ4v) is 2.54. The van der Waals surface area contributed by atoms with Crippen LogP contribution in [-0.2, 0) is 17.8 Å². The molecular weight excluding hydrogens is 222 g/mol. The van der Waals surface area contributed by atoms with Crippen LogP contribution in [0.25, 0.3) is 0 Å². The van der Waals surface area contributed by atoms with Crippen LogP contribution in [0.4, 0.5) is 0 Å². The van der Waals surface area contributed by atoms with Gasteiger partial charge in [0, 0.05) is 13.0 Å². The van der Waals surface area contributed by atoms with E-state index in [1.807, 2.05) is 12.1 Å². The Kier molecular flexibility index (Phi) is 2.95. The molecule has 1 atom stereocenters. The summed E-state index contributed by atoms with van der Waals surface area (Å²) in [6.45, 7) is 0.928. The molecule has 0 saturated carbocycles. The summed E-state index contributed by atoms with van der Waals surface area (Å²) >= 11 is 0. The van der Waals surface area contributed by atoms with Gasteiger partial charge in [0.15, 0.2) is 0 Å². The minimum Gasteiger partial charge on any atom is -0.303 e. The maximum Gasteiger partial charge on any atom is 0.124 e. The monoisotopic (exact) mass is 237 g/mol. The highest BCUT2D eigenvalue weighted by molar-refractivity contribution is 5.55. The first-order valence-corrected chi connectivity index (χ1v) is 6.22. The topological polar surface area (TPSA) is 29.1 Å². The molecule has 0 aromatic heterocycles. The van der Waals surface area contributed by atoms with Crippen molar-refractivity contribution in [3.05, 3.63) is 70.8 Å². The van der Waals surface area contributed by atoms with Crippen LogP contribution >= 0.6 is 0 Å². The smallest absolute Gasteiger partial charge is 0.124 e. The lowest BCUT2D eigenvalue weighted by Crippen LogP contribution is -2.13. The highest BCUT2D eigenvalue weighted by atomic mass is 16.1. The zero-order valence-corrected chi connectivity index (χ0v) is 10.1. The van der Waals surface area contributed by atoms with Gasteiger partial charge in [0.2, 0.25) is 0 Å². The number of fused-ring (bicyclic) bond motifs is 1. The number of aldehydes is 1. The normalized spacial score (nSPS) is 17.4. The summed E-state index contributed by atoms with van der Waals surface area (Å²) in [5.74, 6) is 0. The Morgan fingerprint density at radius 2 is 1.89 bits per heavy atom. The van der Waals surface area contributed by atoms with Crippen LogP contribution in [0.3, 0.4) is 0 Å². The molecule has 2 heteroatoms. The molecule has 2 aromatic rings. The maximum absolute atomic E-state index is 10.5. The lowest BCUT2D eigenvalue weighted by atomic mass is 9.97. The van der Waals surface area contributed by atoms with Crippen molar-refractivity contribution in [2.45, 2.75) is 19.0 Å². The van der Waals surface area contributed by atoms with E-state index in [1.165, 1.54) is 16.7 Å². The van der Waals surface area contributed by atoms with Gasteiger partial charge in [-0.25, -0.2) is 0 Å². The Morgan fingerprint density at radius 3 is 2.67 bits per heavy atom. The molecular formula is C16H15NO. The van der Waals surface area contributed by atoms with Gasteiger partial charge in [0.1, 0.15) is 6.29 Å². The minimum atomic E-state index is 0.284. The van der Waals surface area contributed by atoms with Gasteiger partial charge in [-0.2, -0.15) is 0 Å². The first-order chi connectivity index (χ1) is 8.88. The van der Waals surface area contributed by atoms with Crippen molar-refractivity contribution in [2.24, 2.45) is 0 Å². The molecule has 90 valence electrons. The Morgan fingerprint density at radius 1 is 1.11 bits per heavy atom. The van der Waals surface area contributed by atoms with Gasteiger partial charge >= 0.3 is 0 Å². The van der Waals surface area contributed by atoms with Crippen molar-refractivity contribution in [3.8, 4) is 0 Å². The molecule has 2 nitrogen and oxygen atoms in total. The second kappa shape index (κ2) is 4.75. The second-order valence-corrected chi connectivity index (χ2v) is 4.63. The van der Waals surface area contributed by atoms with E-state index in [4.69, 9.17) is 0 Å². The molecule has 0 bridgehead atoms. The Balaban J connectivity index is 1.90. The van der Waals surface area contributed by atoms with Crippen LogP contribution < -0.4 is 5.32 Å². The molecule has 18 heavy (non-hydrogen) atoms. The van der Waals surface area contributed by atoms with Crippen molar-refractivity contribution in [2.75, 3.05) is 0 Å². The van der Waals surface area contributed by atoms with E-state index in [-0.39, 0.29) is 6.04 Å². The largest absolute Gasteiger partial charge is 0.303 e. The average molecular weight is 237 g/mol. The Labute approximate surface area is 107 Å². The molecule has 0 fully saturated rings. The van der Waals surface area contributed by atoms with Gasteiger partial charge < -0.3 is 10.1 Å². The molecule has 1 unspecified atom stereocenters. The first-order valence-electron chi connectivity index (χ1n) is 6.22. The average Bonchev–Trinajstić information content (AvgIpc) is 2.84. The number of hydrogen-bond acceptors (Lipinski definition) is 2. The van der Waals surface area contributed by atoms with Gasteiger partial charge in [0.25, 0.3) is 0 Å². The van der Waals surface area contributed by atoms with E-state index in [0.29, 0.717) is 6.42 Å². The number of carbonyl (C=O) groups excluding carboxylic acids is 1. The zero-order valence-electron chi connectivity index (χ0n) is 10.1. The molecule has 0 spiro atoms. The van der Waals surface area contributed by atoms with Crippen LogP contribution in [0.15, 0.2) is 48.5 Å². The number of benzene rings is 2. The SMILES string of the molecule is O=CCc1ccc(C2NCc3ccccc32)cc1. The van der Waals surface area contributed by atoms with Crippen LogP contribution in [0.1, 0.15) is 28.3 Å². The number of rotatable bonds is 3. The number of nitrogens with one attached hydrogen (secondary N) is 1. The van der Waals surface area contributed by atoms with Crippen LogP contribution in [-0.4, -0.2) is 6.29 Å². The first kappa shape index (κ1) is 11.2. The second-order valence-electron chi connectivity index (χ2n) is 4.63. The fraction of sp³-hybridized carbons (Fsp3) is 0.188. The lowest BCUT2D eigenvalue weighted by molar-refractivity contribution is -0.107. The van der Waals surface area contributed by atoms with Crippen LogP contribution in [0.2, 0.25) is 0 Å². The summed E-state index contributed by atoms with van der Waals surface area (Å²) in [5, 5.41) is 3.52. The summed E-state index contributed by atoms with van der Waals surface area (Å²) < 4.78 is 0. The number of hydrogen-bond donors (Lipinski definition) is 1. The molecule has 0 aliphatic carbocycles. The predicted molar refractivity (Wildman–Crippen MR) is 71.3 cm³/mol. The van der Waals surface area contributed by atoms with Gasteiger partial charge in [-0.15, -0.1) is 0 Å². The summed E-state index contributed by atoms with van der Waals surface area (Å²) in [7, 11) is 0. The predicted octanol–water partition coefficient (Wildman–Crippen LogP) is 2.62. The fourth-order valence-electron chi connectivity index (χ4n) is 2.54. The number of carbonyl (C=O) groups is 1. The molecule has 3 rings (SSSR count). The quantitative estimate of drug-likeness (QED) is 0.831. The minimum absolute atomic E-state index is 0.284. The van der Waals surface area contributed by atoms with E-state index in [9.17, 15) is 4.79 Å². The van der Waals surface area contributed by atoms with Crippen molar-refractivity contribution in [3.63, 3.8) is 0 Å². The van der Waals surface area contributed by atoms with E-state index in [2.05, 4.69) is 41.7 Å². The molecule has 1 heterocycles. The molecule has 1 aliphatic heterocycles.